The summed E-state index contributed by atoms with van der Waals surface area (Å²) in [6.07, 6.45) is 2.86. The molecule has 0 aliphatic rings. The van der Waals surface area contributed by atoms with E-state index in [9.17, 15) is 9.90 Å². The van der Waals surface area contributed by atoms with E-state index in [0.29, 0.717) is 13.2 Å². The zero-order valence-electron chi connectivity index (χ0n) is 11.4. The Morgan fingerprint density at radius 2 is 1.78 bits per heavy atom. The lowest BCUT2D eigenvalue weighted by Crippen LogP contribution is -2.45. The van der Waals surface area contributed by atoms with Crippen LogP contribution in [-0.4, -0.2) is 36.7 Å². The zero-order chi connectivity index (χ0) is 13.8. The SMILES string of the molecule is C=CC(=O)NC(O)C(OCCCC)OCCCC. The molecule has 0 bridgehead atoms. The number of rotatable bonds is 11. The second-order valence-electron chi connectivity index (χ2n) is 3.97. The lowest BCUT2D eigenvalue weighted by atomic mass is 10.3. The molecule has 0 rings (SSSR count). The molecule has 0 aliphatic heterocycles. The van der Waals surface area contributed by atoms with Crippen LogP contribution in [0.5, 0.6) is 0 Å². The minimum Gasteiger partial charge on any atom is -0.369 e. The minimum absolute atomic E-state index is 0.453. The highest BCUT2D eigenvalue weighted by Gasteiger charge is 2.21. The topological polar surface area (TPSA) is 67.8 Å². The van der Waals surface area contributed by atoms with E-state index in [1.807, 2.05) is 13.8 Å². The van der Waals surface area contributed by atoms with Gasteiger partial charge in [-0.3, -0.25) is 4.79 Å². The molecule has 0 heterocycles. The van der Waals surface area contributed by atoms with Gasteiger partial charge in [-0.2, -0.15) is 0 Å². The fourth-order valence-corrected chi connectivity index (χ4v) is 1.19. The first-order valence-corrected chi connectivity index (χ1v) is 6.49. The number of aliphatic hydroxyl groups excluding tert-OH is 1. The molecule has 0 aromatic heterocycles. The molecule has 0 spiro atoms. The van der Waals surface area contributed by atoms with Crippen LogP contribution < -0.4 is 5.32 Å². The van der Waals surface area contributed by atoms with Crippen LogP contribution in [0.15, 0.2) is 12.7 Å². The van der Waals surface area contributed by atoms with Crippen LogP contribution in [0.25, 0.3) is 0 Å². The van der Waals surface area contributed by atoms with Crippen molar-refractivity contribution in [1.82, 2.24) is 5.32 Å². The molecule has 106 valence electrons. The average molecular weight is 259 g/mol. The fourth-order valence-electron chi connectivity index (χ4n) is 1.19. The molecular formula is C13H25NO4. The standard InChI is InChI=1S/C13H25NO4/c1-4-7-9-17-13(18-10-8-5-2)12(16)14-11(15)6-3/h6,12-13,16H,3-5,7-10H2,1-2H3,(H,14,15). The van der Waals surface area contributed by atoms with Crippen molar-refractivity contribution >= 4 is 5.91 Å². The fraction of sp³-hybridized carbons (Fsp3) is 0.769. The van der Waals surface area contributed by atoms with Crippen molar-refractivity contribution in [2.45, 2.75) is 52.0 Å². The highest BCUT2D eigenvalue weighted by Crippen LogP contribution is 2.04. The Morgan fingerprint density at radius 1 is 1.28 bits per heavy atom. The highest BCUT2D eigenvalue weighted by atomic mass is 16.7. The summed E-state index contributed by atoms with van der Waals surface area (Å²) in [7, 11) is 0. The van der Waals surface area contributed by atoms with Crippen molar-refractivity contribution in [2.24, 2.45) is 0 Å². The maximum absolute atomic E-state index is 11.1. The Kier molecular flexibility index (Phi) is 10.6. The molecule has 5 nitrogen and oxygen atoms in total. The normalized spacial score (nSPS) is 12.4. The van der Waals surface area contributed by atoms with Gasteiger partial charge in [-0.05, 0) is 18.9 Å². The summed E-state index contributed by atoms with van der Waals surface area (Å²) in [4.78, 5) is 11.1. The molecule has 5 heteroatoms. The van der Waals surface area contributed by atoms with Crippen molar-refractivity contribution in [2.75, 3.05) is 13.2 Å². The summed E-state index contributed by atoms with van der Waals surface area (Å²) in [5, 5.41) is 12.1. The number of hydrogen-bond donors (Lipinski definition) is 2. The second kappa shape index (κ2) is 11.2. The summed E-state index contributed by atoms with van der Waals surface area (Å²) in [6.45, 7) is 8.40. The van der Waals surface area contributed by atoms with Gasteiger partial charge in [-0.25, -0.2) is 0 Å². The zero-order valence-corrected chi connectivity index (χ0v) is 11.4. The van der Waals surface area contributed by atoms with Gasteiger partial charge < -0.3 is 19.9 Å². The first kappa shape index (κ1) is 17.1. The predicted molar refractivity (Wildman–Crippen MR) is 69.9 cm³/mol. The molecule has 0 saturated carbocycles. The Morgan fingerprint density at radius 3 is 2.17 bits per heavy atom. The van der Waals surface area contributed by atoms with Crippen molar-refractivity contribution in [3.63, 3.8) is 0 Å². The molecule has 0 fully saturated rings. The quantitative estimate of drug-likeness (QED) is 0.336. The summed E-state index contributed by atoms with van der Waals surface area (Å²) in [6, 6.07) is 0. The van der Waals surface area contributed by atoms with Crippen LogP contribution in [-0.2, 0) is 14.3 Å². The molecule has 18 heavy (non-hydrogen) atoms. The van der Waals surface area contributed by atoms with Crippen LogP contribution in [0.3, 0.4) is 0 Å². The van der Waals surface area contributed by atoms with Crippen LogP contribution in [0.2, 0.25) is 0 Å². The number of ether oxygens (including phenoxy) is 2. The van der Waals surface area contributed by atoms with Gasteiger partial charge >= 0.3 is 0 Å². The van der Waals surface area contributed by atoms with Crippen LogP contribution in [0.1, 0.15) is 39.5 Å². The molecule has 1 amide bonds. The van der Waals surface area contributed by atoms with Crippen molar-refractivity contribution in [3.8, 4) is 0 Å². The van der Waals surface area contributed by atoms with Crippen LogP contribution >= 0.6 is 0 Å². The number of carbonyl (C=O) groups is 1. The summed E-state index contributed by atoms with van der Waals surface area (Å²) >= 11 is 0. The van der Waals surface area contributed by atoms with Gasteiger partial charge in [-0.15, -0.1) is 0 Å². The molecule has 0 saturated heterocycles. The Hall–Kier alpha value is -0.910. The minimum atomic E-state index is -1.18. The second-order valence-corrected chi connectivity index (χ2v) is 3.97. The first-order valence-electron chi connectivity index (χ1n) is 6.49. The third-order valence-electron chi connectivity index (χ3n) is 2.29. The average Bonchev–Trinajstić information content (AvgIpc) is 2.37. The van der Waals surface area contributed by atoms with Gasteiger partial charge in [0.25, 0.3) is 0 Å². The summed E-state index contributed by atoms with van der Waals surface area (Å²) in [5.74, 6) is -0.453. The first-order chi connectivity index (χ1) is 8.65. The van der Waals surface area contributed by atoms with Gasteiger partial charge in [0.1, 0.15) is 0 Å². The Labute approximate surface area is 109 Å². The summed E-state index contributed by atoms with van der Waals surface area (Å²) in [5.41, 5.74) is 0. The summed E-state index contributed by atoms with van der Waals surface area (Å²) < 4.78 is 10.8. The number of nitrogens with one attached hydrogen (secondary N) is 1. The lowest BCUT2D eigenvalue weighted by molar-refractivity contribution is -0.202. The number of amides is 1. The molecule has 0 aromatic rings. The number of aliphatic hydroxyl groups is 1. The van der Waals surface area contributed by atoms with Crippen LogP contribution in [0.4, 0.5) is 0 Å². The van der Waals surface area contributed by atoms with Crippen molar-refractivity contribution < 1.29 is 19.4 Å². The highest BCUT2D eigenvalue weighted by molar-refractivity contribution is 5.86. The van der Waals surface area contributed by atoms with Gasteiger partial charge in [0.15, 0.2) is 6.23 Å². The molecule has 0 radical (unpaired) electrons. The van der Waals surface area contributed by atoms with E-state index < -0.39 is 18.4 Å². The lowest BCUT2D eigenvalue weighted by Gasteiger charge is -2.23. The van der Waals surface area contributed by atoms with E-state index in [1.165, 1.54) is 0 Å². The molecule has 0 aromatic carbocycles. The monoisotopic (exact) mass is 259 g/mol. The predicted octanol–water partition coefficient (Wildman–Crippen LogP) is 1.57. The van der Waals surface area contributed by atoms with Gasteiger partial charge in [-0.1, -0.05) is 33.3 Å². The van der Waals surface area contributed by atoms with E-state index in [4.69, 9.17) is 9.47 Å². The van der Waals surface area contributed by atoms with Gasteiger partial charge in [0.2, 0.25) is 12.2 Å². The van der Waals surface area contributed by atoms with E-state index in [2.05, 4.69) is 11.9 Å². The molecule has 1 unspecified atom stereocenters. The van der Waals surface area contributed by atoms with Crippen molar-refractivity contribution in [1.29, 1.82) is 0 Å². The number of carbonyl (C=O) groups excluding carboxylic acids is 1. The molecular weight excluding hydrogens is 234 g/mol. The Balaban J connectivity index is 4.14. The van der Waals surface area contributed by atoms with Crippen molar-refractivity contribution in [3.05, 3.63) is 12.7 Å². The van der Waals surface area contributed by atoms with E-state index in [0.717, 1.165) is 31.8 Å². The smallest absolute Gasteiger partial charge is 0.245 e. The van der Waals surface area contributed by atoms with E-state index in [-0.39, 0.29) is 0 Å². The largest absolute Gasteiger partial charge is 0.369 e. The molecule has 0 aliphatic carbocycles. The number of unbranched alkanes of at least 4 members (excludes halogenated alkanes) is 2. The Bertz CT molecular complexity index is 223. The maximum atomic E-state index is 11.1. The van der Waals surface area contributed by atoms with E-state index >= 15 is 0 Å². The maximum Gasteiger partial charge on any atom is 0.245 e. The molecule has 2 N–H and O–H groups in total. The van der Waals surface area contributed by atoms with Crippen LogP contribution in [0, 0.1) is 0 Å². The third kappa shape index (κ3) is 8.22. The molecule has 1 atom stereocenters. The van der Waals surface area contributed by atoms with Gasteiger partial charge in [0.05, 0.1) is 0 Å². The number of hydrogen-bond acceptors (Lipinski definition) is 4. The third-order valence-corrected chi connectivity index (χ3v) is 2.29. The van der Waals surface area contributed by atoms with E-state index in [1.54, 1.807) is 0 Å². The van der Waals surface area contributed by atoms with Gasteiger partial charge in [0, 0.05) is 13.2 Å².